The first-order valence-electron chi connectivity index (χ1n) is 32.9. The van der Waals surface area contributed by atoms with Crippen molar-refractivity contribution in [3.63, 3.8) is 0 Å². The molecule has 0 atom stereocenters. The average Bonchev–Trinajstić information content (AvgIpc) is 1.54. The Morgan fingerprint density at radius 3 is 1.42 bits per heavy atom. The summed E-state index contributed by atoms with van der Waals surface area (Å²) in [5.41, 5.74) is 15.7. The molecule has 3 aliphatic carbocycles. The van der Waals surface area contributed by atoms with Crippen LogP contribution in [0.15, 0.2) is 243 Å². The minimum absolute atomic E-state index is 0. The van der Waals surface area contributed by atoms with Crippen LogP contribution in [0.5, 0.6) is 17.2 Å². The fourth-order valence-corrected chi connectivity index (χ4v) is 18.1. The number of fused-ring (bicyclic) bond motifs is 24. The number of aromatic amines is 1. The van der Waals surface area contributed by atoms with E-state index in [1.165, 1.54) is 164 Å². The second kappa shape index (κ2) is 19.5. The van der Waals surface area contributed by atoms with Crippen LogP contribution in [-0.4, -0.2) is 10.1 Å². The van der Waals surface area contributed by atoms with Gasteiger partial charge < -0.3 is 14.6 Å². The Labute approximate surface area is 552 Å². The largest absolute Gasteiger partial charge is 2.00 e. The Kier molecular flexibility index (Phi) is 11.4. The Morgan fingerprint density at radius 1 is 0.358 bits per heavy atom. The quantitative estimate of drug-likeness (QED) is 0.0658. The maximum absolute atomic E-state index is 13.4. The van der Waals surface area contributed by atoms with Crippen LogP contribution >= 0.6 is 0 Å². The number of aromatic nitrogens is 3. The molecule has 0 radical (unpaired) electrons. The summed E-state index contributed by atoms with van der Waals surface area (Å²) in [6.45, 7) is 15.2. The van der Waals surface area contributed by atoms with Crippen molar-refractivity contribution >= 4 is 129 Å². The summed E-state index contributed by atoms with van der Waals surface area (Å²) in [6.07, 6.45) is 4.30. The van der Waals surface area contributed by atoms with Gasteiger partial charge in [-0.25, -0.2) is 4.98 Å². The molecule has 1 N–H and O–H groups in total. The summed E-state index contributed by atoms with van der Waals surface area (Å²) in [5.74, 6) is 2.12. The number of nitrogens with one attached hydrogen (secondary N) is 1. The van der Waals surface area contributed by atoms with Gasteiger partial charge in [0.1, 0.15) is 11.5 Å². The summed E-state index contributed by atoms with van der Waals surface area (Å²) in [5, 5.41) is 39.8. The number of nitrogens with zero attached hydrogens (tertiary/aromatic N) is 2. The van der Waals surface area contributed by atoms with Gasteiger partial charge in [-0.3, -0.25) is 0 Å². The minimum Gasteiger partial charge on any atom is -0.872 e. The standard InChI is InChI=1S/C31H22NO.C30H21NO.C27H20NO.Be/c1-31(2)24-16-23-21-9-5-3-7-18(21)13-14-25(23)32-17-33-26-15-20-12-11-19-8-4-6-10-22(19)27(20)29(31)28(26)30(24)32;1-30(2)27-23-14-19-9-4-3-8-18(19)13-21(23)16-31-29(27)26-24(32)15-20-12-11-17-7-5-6-10-22(17)25(20)28(26)30;1-27(2)24-20-10-6-4-8-18(20)14-28-15-29-21-13-17-12-11-16-7-3-5-9-19(16)22(17)25(27)23(21)26(24)28;/h3-16H,17H2,1-2H3;3-16,32H,1-2H3;3-14H,15H2,1-2H3;/q+1;;+1;+2. The molecule has 14 aromatic carbocycles. The summed E-state index contributed by atoms with van der Waals surface area (Å²) < 4.78 is 17.4. The smallest absolute Gasteiger partial charge is 0.872 e. The number of benzene rings is 14. The summed E-state index contributed by atoms with van der Waals surface area (Å²) in [6, 6.07) is 82.8. The van der Waals surface area contributed by atoms with Crippen LogP contribution in [0, 0.1) is 0 Å². The van der Waals surface area contributed by atoms with Gasteiger partial charge in [0.2, 0.25) is 22.6 Å². The molecule has 5 heterocycles. The average molecular weight is 1220 g/mol. The van der Waals surface area contributed by atoms with Crippen molar-refractivity contribution in [2.45, 2.75) is 71.2 Å². The van der Waals surface area contributed by atoms with Gasteiger partial charge in [-0.2, -0.15) is 9.13 Å². The molecule has 446 valence electrons. The van der Waals surface area contributed by atoms with Gasteiger partial charge in [0.15, 0.2) is 12.4 Å². The second-order valence-electron chi connectivity index (χ2n) is 28.2. The first-order chi connectivity index (χ1) is 45.8. The first-order valence-corrected chi connectivity index (χ1v) is 32.9. The molecule has 0 saturated carbocycles. The molecule has 0 spiro atoms. The predicted octanol–water partition coefficient (Wildman–Crippen LogP) is 19.4. The van der Waals surface area contributed by atoms with Gasteiger partial charge in [-0.15, -0.1) is 0 Å². The van der Waals surface area contributed by atoms with E-state index in [4.69, 9.17) is 9.47 Å². The Morgan fingerprint density at radius 2 is 0.811 bits per heavy atom. The molecule has 0 fully saturated rings. The number of hydrogen-bond donors (Lipinski definition) is 0. The van der Waals surface area contributed by atoms with Crippen LogP contribution in [0.3, 0.4) is 0 Å². The second-order valence-corrected chi connectivity index (χ2v) is 28.2. The maximum atomic E-state index is 13.4. The van der Waals surface area contributed by atoms with E-state index < -0.39 is 0 Å². The summed E-state index contributed by atoms with van der Waals surface area (Å²) in [7, 11) is 0. The van der Waals surface area contributed by atoms with E-state index in [-0.39, 0.29) is 32.1 Å². The summed E-state index contributed by atoms with van der Waals surface area (Å²) >= 11 is 0. The predicted molar refractivity (Wildman–Crippen MR) is 388 cm³/mol. The third kappa shape index (κ3) is 7.46. The zero-order valence-corrected chi connectivity index (χ0v) is 53.8. The molecular weight excluding hydrogens is 1160 g/mol. The zero-order chi connectivity index (χ0) is 62.8. The van der Waals surface area contributed by atoms with Gasteiger partial charge in [0.05, 0.1) is 16.5 Å². The monoisotopic (exact) mass is 1220 g/mol. The van der Waals surface area contributed by atoms with E-state index in [0.29, 0.717) is 13.5 Å². The van der Waals surface area contributed by atoms with Crippen LogP contribution in [0.4, 0.5) is 0 Å². The molecule has 2 aliphatic heterocycles. The molecular formula is C88H63BeN3O3+4. The Balaban J connectivity index is 0.000000100. The van der Waals surface area contributed by atoms with Crippen LogP contribution in [0.1, 0.15) is 74.9 Å². The van der Waals surface area contributed by atoms with E-state index in [1.807, 2.05) is 6.07 Å². The van der Waals surface area contributed by atoms with Gasteiger partial charge in [0, 0.05) is 55.3 Å². The van der Waals surface area contributed by atoms with Crippen molar-refractivity contribution in [2.75, 3.05) is 0 Å². The molecule has 95 heavy (non-hydrogen) atoms. The van der Waals surface area contributed by atoms with Gasteiger partial charge in [-0.05, 0) is 156 Å². The van der Waals surface area contributed by atoms with Crippen LogP contribution in [0.25, 0.3) is 152 Å². The van der Waals surface area contributed by atoms with Crippen molar-refractivity contribution in [1.29, 1.82) is 0 Å². The van der Waals surface area contributed by atoms with Gasteiger partial charge in [0.25, 0.3) is 13.5 Å². The SMILES string of the molecule is CC1(C)c2c([nH+]cc3cc4ccccc4cc23)-c2c([O-])cc3ccc4ccccc4c3c21.CC1(C)c2c3[n+](cc4ccccc24)COc2cc4ccc5ccccc5c4c1c2-3.CC1(C)c2cc3c4ccccc4ccc3[n+]3c2-c2c(cc4ccc5ccccc5c4c21)OC3.[Be+2]. The normalized spacial score (nSPS) is 14.9. The third-order valence-electron chi connectivity index (χ3n) is 22.1. The fourth-order valence-electron chi connectivity index (χ4n) is 18.1. The van der Waals surface area contributed by atoms with E-state index in [9.17, 15) is 5.11 Å². The Bertz CT molecular complexity index is 6360. The van der Waals surface area contributed by atoms with E-state index in [1.54, 1.807) is 0 Å². The van der Waals surface area contributed by atoms with Gasteiger partial charge in [-0.1, -0.05) is 229 Å². The first kappa shape index (κ1) is 55.6. The molecule has 17 aromatic rings. The minimum atomic E-state index is -0.314. The number of rotatable bonds is 0. The zero-order valence-electron chi connectivity index (χ0n) is 53.8. The number of H-pyrrole nitrogens is 1. The molecule has 6 nitrogen and oxygen atoms in total. The van der Waals surface area contributed by atoms with Crippen molar-refractivity contribution in [2.24, 2.45) is 0 Å². The van der Waals surface area contributed by atoms with Crippen LogP contribution in [-0.2, 0) is 29.7 Å². The van der Waals surface area contributed by atoms with E-state index in [0.717, 1.165) is 33.7 Å². The van der Waals surface area contributed by atoms with Crippen molar-refractivity contribution in [3.8, 4) is 51.0 Å². The van der Waals surface area contributed by atoms with Crippen molar-refractivity contribution < 1.29 is 28.7 Å². The van der Waals surface area contributed by atoms with Crippen molar-refractivity contribution in [3.05, 3.63) is 276 Å². The molecule has 0 amide bonds. The number of ether oxygens (including phenoxy) is 2. The molecule has 0 bridgehead atoms. The van der Waals surface area contributed by atoms with Crippen LogP contribution < -0.4 is 28.7 Å². The Hall–Kier alpha value is -11.0. The number of hydrogen-bond acceptors (Lipinski definition) is 3. The maximum Gasteiger partial charge on any atom is 2.00 e. The molecule has 0 saturated heterocycles. The number of pyridine rings is 3. The third-order valence-corrected chi connectivity index (χ3v) is 22.1. The summed E-state index contributed by atoms with van der Waals surface area (Å²) in [4.78, 5) is 3.52. The molecule has 3 aromatic heterocycles. The topological polar surface area (TPSA) is 63.4 Å². The molecule has 5 aliphatic rings. The van der Waals surface area contributed by atoms with Crippen molar-refractivity contribution in [1.82, 2.24) is 0 Å². The van der Waals surface area contributed by atoms with E-state index in [2.05, 4.69) is 293 Å². The van der Waals surface area contributed by atoms with E-state index >= 15 is 0 Å². The van der Waals surface area contributed by atoms with Gasteiger partial charge >= 0.3 is 10.1 Å². The fraction of sp³-hybridized carbons (Fsp3) is 0.125. The molecule has 7 heteroatoms. The van der Waals surface area contributed by atoms with Crippen LogP contribution in [0.2, 0.25) is 0 Å². The molecule has 0 unspecified atom stereocenters. The molecule has 22 rings (SSSR count).